The van der Waals surface area contributed by atoms with Gasteiger partial charge in [-0.2, -0.15) is 0 Å². The van der Waals surface area contributed by atoms with Gasteiger partial charge in [-0.25, -0.2) is 0 Å². The minimum atomic E-state index is -0.759. The van der Waals surface area contributed by atoms with E-state index >= 15 is 0 Å². The van der Waals surface area contributed by atoms with Gasteiger partial charge in [-0.15, -0.1) is 0 Å². The van der Waals surface area contributed by atoms with Crippen molar-refractivity contribution >= 4 is 23.2 Å². The fourth-order valence-corrected chi connectivity index (χ4v) is 1.05. The Labute approximate surface area is 84.8 Å². The minimum absolute atomic E-state index is 0.351. The molecule has 0 atom stereocenters. The number of benzene rings is 1. The largest absolute Gasteiger partial charge is 0.319 e. The van der Waals surface area contributed by atoms with Gasteiger partial charge in [0.05, 0.1) is 10.7 Å². The maximum atomic E-state index is 11.0. The predicted molar refractivity (Wildman–Crippen MR) is 51.9 cm³/mol. The molecule has 1 N–H and O–H groups in total. The Morgan fingerprint density at radius 3 is 2.71 bits per heavy atom. The van der Waals surface area contributed by atoms with Crippen LogP contribution in [0.15, 0.2) is 24.3 Å². The molecule has 0 radical (unpaired) electrons. The molecular weight excluding hydrogens is 208 g/mol. The van der Waals surface area contributed by atoms with Crippen molar-refractivity contribution < 1.29 is 9.72 Å². The van der Waals surface area contributed by atoms with E-state index in [0.29, 0.717) is 10.7 Å². The highest BCUT2D eigenvalue weighted by Gasteiger charge is 2.10. The van der Waals surface area contributed by atoms with Crippen LogP contribution in [-0.2, 0) is 4.79 Å². The highest BCUT2D eigenvalue weighted by Crippen LogP contribution is 2.19. The smallest absolute Gasteiger partial charge is 0.296 e. The number of carbonyl (C=O) groups excluding carboxylic acids is 1. The molecule has 14 heavy (non-hydrogen) atoms. The number of hydrogen-bond donors (Lipinski definition) is 1. The second-order valence-electron chi connectivity index (χ2n) is 2.52. The van der Waals surface area contributed by atoms with E-state index in [0.717, 1.165) is 0 Å². The average Bonchev–Trinajstić information content (AvgIpc) is 2.07. The highest BCUT2D eigenvalue weighted by atomic mass is 35.5. The molecule has 0 aliphatic carbocycles. The first-order valence-corrected chi connectivity index (χ1v) is 4.13. The van der Waals surface area contributed by atoms with Gasteiger partial charge in [0.1, 0.15) is 0 Å². The number of rotatable bonds is 3. The summed E-state index contributed by atoms with van der Waals surface area (Å²) in [5, 5.41) is 12.7. The lowest BCUT2D eigenvalue weighted by Gasteiger charge is -2.03. The highest BCUT2D eigenvalue weighted by molar-refractivity contribution is 6.33. The summed E-state index contributed by atoms with van der Waals surface area (Å²) in [4.78, 5) is 20.3. The van der Waals surface area contributed by atoms with Gasteiger partial charge in [0.2, 0.25) is 0 Å². The summed E-state index contributed by atoms with van der Waals surface area (Å²) < 4.78 is 0. The Bertz CT molecular complexity index is 367. The average molecular weight is 215 g/mol. The van der Waals surface area contributed by atoms with Crippen molar-refractivity contribution in [3.63, 3.8) is 0 Å². The molecule has 74 valence electrons. The van der Waals surface area contributed by atoms with E-state index in [1.807, 2.05) is 0 Å². The molecular formula is C8H7ClN2O3. The number of para-hydroxylation sites is 1. The zero-order valence-electron chi connectivity index (χ0n) is 7.07. The van der Waals surface area contributed by atoms with Gasteiger partial charge in [0.25, 0.3) is 12.5 Å². The number of carbonyl (C=O) groups is 1. The maximum absolute atomic E-state index is 11.0. The lowest BCUT2D eigenvalue weighted by Crippen LogP contribution is -2.21. The lowest BCUT2D eigenvalue weighted by molar-refractivity contribution is -0.467. The summed E-state index contributed by atoms with van der Waals surface area (Å²) in [5.74, 6) is -0.692. The van der Waals surface area contributed by atoms with Crippen LogP contribution in [0.3, 0.4) is 0 Å². The van der Waals surface area contributed by atoms with Crippen LogP contribution in [-0.4, -0.2) is 17.4 Å². The fourth-order valence-electron chi connectivity index (χ4n) is 0.870. The second-order valence-corrected chi connectivity index (χ2v) is 2.93. The summed E-state index contributed by atoms with van der Waals surface area (Å²) in [7, 11) is 0. The van der Waals surface area contributed by atoms with Crippen molar-refractivity contribution in [2.45, 2.75) is 0 Å². The van der Waals surface area contributed by atoms with Crippen molar-refractivity contribution in [3.05, 3.63) is 39.4 Å². The molecule has 0 fully saturated rings. The molecule has 5 nitrogen and oxygen atoms in total. The Morgan fingerprint density at radius 2 is 2.14 bits per heavy atom. The van der Waals surface area contributed by atoms with Gasteiger partial charge in [0, 0.05) is 4.92 Å². The second kappa shape index (κ2) is 4.57. The Balaban J connectivity index is 2.65. The Kier molecular flexibility index (Phi) is 3.41. The normalized spacial score (nSPS) is 9.50. The number of halogens is 1. The van der Waals surface area contributed by atoms with Crippen molar-refractivity contribution in [1.82, 2.24) is 0 Å². The number of nitrogens with zero attached hydrogens (tertiary/aromatic N) is 1. The van der Waals surface area contributed by atoms with Crippen LogP contribution in [0, 0.1) is 10.1 Å². The van der Waals surface area contributed by atoms with Crippen LogP contribution in [0.25, 0.3) is 0 Å². The first kappa shape index (κ1) is 10.5. The van der Waals surface area contributed by atoms with Crippen LogP contribution >= 0.6 is 11.6 Å². The van der Waals surface area contributed by atoms with E-state index in [1.54, 1.807) is 24.3 Å². The molecule has 0 aliphatic rings. The van der Waals surface area contributed by atoms with Crippen molar-refractivity contribution in [1.29, 1.82) is 0 Å². The molecule has 1 aromatic carbocycles. The van der Waals surface area contributed by atoms with Crippen molar-refractivity contribution in [2.24, 2.45) is 0 Å². The van der Waals surface area contributed by atoms with Gasteiger partial charge in [-0.1, -0.05) is 23.7 Å². The zero-order chi connectivity index (χ0) is 10.6. The third-order valence-corrected chi connectivity index (χ3v) is 1.75. The summed E-state index contributed by atoms with van der Waals surface area (Å²) in [6.45, 7) is -0.759. The number of nitrogens with one attached hydrogen (secondary N) is 1. The molecule has 0 saturated heterocycles. The van der Waals surface area contributed by atoms with Crippen LogP contribution in [0.2, 0.25) is 5.02 Å². The summed E-state index contributed by atoms with van der Waals surface area (Å²) in [5.41, 5.74) is 0.376. The van der Waals surface area contributed by atoms with E-state index in [-0.39, 0.29) is 0 Å². The van der Waals surface area contributed by atoms with E-state index in [1.165, 1.54) is 0 Å². The topological polar surface area (TPSA) is 72.2 Å². The molecule has 0 saturated carbocycles. The molecule has 0 heterocycles. The van der Waals surface area contributed by atoms with Gasteiger partial charge < -0.3 is 5.32 Å². The van der Waals surface area contributed by atoms with E-state index in [2.05, 4.69) is 5.32 Å². The Hall–Kier alpha value is -1.62. The SMILES string of the molecule is O=C(C[N+](=O)[O-])Nc1ccccc1Cl. The predicted octanol–water partition coefficient (Wildman–Crippen LogP) is 1.56. The standard InChI is InChI=1S/C8H7ClN2O3/c9-6-3-1-2-4-7(6)10-8(12)5-11(13)14/h1-4H,5H2,(H,10,12). The minimum Gasteiger partial charge on any atom is -0.319 e. The molecule has 1 rings (SSSR count). The van der Waals surface area contributed by atoms with E-state index in [9.17, 15) is 14.9 Å². The monoisotopic (exact) mass is 214 g/mol. The maximum Gasteiger partial charge on any atom is 0.296 e. The molecule has 1 aromatic rings. The van der Waals surface area contributed by atoms with Crippen LogP contribution in [0.5, 0.6) is 0 Å². The number of nitro groups is 1. The van der Waals surface area contributed by atoms with Crippen molar-refractivity contribution in [3.8, 4) is 0 Å². The number of amides is 1. The zero-order valence-corrected chi connectivity index (χ0v) is 7.82. The fraction of sp³-hybridized carbons (Fsp3) is 0.125. The van der Waals surface area contributed by atoms with E-state index < -0.39 is 17.4 Å². The quantitative estimate of drug-likeness (QED) is 0.613. The van der Waals surface area contributed by atoms with Gasteiger partial charge in [0.15, 0.2) is 0 Å². The first-order chi connectivity index (χ1) is 6.59. The summed E-state index contributed by atoms with van der Waals surface area (Å²) in [6, 6.07) is 6.53. The van der Waals surface area contributed by atoms with Gasteiger partial charge >= 0.3 is 0 Å². The van der Waals surface area contributed by atoms with Gasteiger partial charge in [-0.05, 0) is 12.1 Å². The van der Waals surface area contributed by atoms with Crippen LogP contribution in [0.4, 0.5) is 5.69 Å². The van der Waals surface area contributed by atoms with Gasteiger partial charge in [-0.3, -0.25) is 14.9 Å². The van der Waals surface area contributed by atoms with Crippen LogP contribution in [0.1, 0.15) is 0 Å². The van der Waals surface area contributed by atoms with E-state index in [4.69, 9.17) is 11.6 Å². The summed E-state index contributed by atoms with van der Waals surface area (Å²) >= 11 is 5.72. The molecule has 0 aliphatic heterocycles. The van der Waals surface area contributed by atoms with Crippen LogP contribution < -0.4 is 5.32 Å². The van der Waals surface area contributed by atoms with Crippen molar-refractivity contribution in [2.75, 3.05) is 11.9 Å². The first-order valence-electron chi connectivity index (χ1n) is 3.76. The number of hydrogen-bond acceptors (Lipinski definition) is 3. The molecule has 0 aromatic heterocycles. The molecule has 0 bridgehead atoms. The molecule has 0 unspecified atom stereocenters. The third kappa shape index (κ3) is 3.02. The lowest BCUT2D eigenvalue weighted by atomic mass is 10.3. The Morgan fingerprint density at radius 1 is 1.50 bits per heavy atom. The molecule has 1 amide bonds. The molecule has 6 heteroatoms. The molecule has 0 spiro atoms. The number of anilines is 1. The summed E-state index contributed by atoms with van der Waals surface area (Å²) in [6.07, 6.45) is 0. The third-order valence-electron chi connectivity index (χ3n) is 1.42.